The molecule has 0 saturated carbocycles. The van der Waals surface area contributed by atoms with Crippen LogP contribution in [0, 0.1) is 6.92 Å². The van der Waals surface area contributed by atoms with E-state index >= 15 is 0 Å². The summed E-state index contributed by atoms with van der Waals surface area (Å²) in [4.78, 5) is 29.7. The first-order valence-electron chi connectivity index (χ1n) is 11.8. The third-order valence-corrected chi connectivity index (χ3v) is 7.26. The Morgan fingerprint density at radius 1 is 0.974 bits per heavy atom. The van der Waals surface area contributed by atoms with Crippen molar-refractivity contribution >= 4 is 40.8 Å². The van der Waals surface area contributed by atoms with E-state index in [0.29, 0.717) is 61.2 Å². The predicted octanol–water partition coefficient (Wildman–Crippen LogP) is 5.48. The lowest BCUT2D eigenvalue weighted by atomic mass is 10.0. The maximum atomic E-state index is 13.6. The summed E-state index contributed by atoms with van der Waals surface area (Å²) in [6.07, 6.45) is 0.313. The van der Waals surface area contributed by atoms with Crippen LogP contribution >= 0.6 is 34.8 Å². The molecular formula is C27H21Cl3N6O3. The van der Waals surface area contributed by atoms with Crippen molar-refractivity contribution < 1.29 is 9.90 Å². The van der Waals surface area contributed by atoms with Crippen LogP contribution < -0.4 is 5.69 Å². The van der Waals surface area contributed by atoms with Crippen LogP contribution in [0.3, 0.4) is 0 Å². The van der Waals surface area contributed by atoms with Crippen LogP contribution in [0.15, 0.2) is 65.5 Å². The van der Waals surface area contributed by atoms with E-state index in [2.05, 4.69) is 20.3 Å². The molecule has 0 spiro atoms. The smallest absolute Gasteiger partial charge is 0.346 e. The second-order valence-corrected chi connectivity index (χ2v) is 10.1. The fraction of sp³-hybridized carbons (Fsp3) is 0.148. The molecule has 0 aliphatic heterocycles. The third-order valence-electron chi connectivity index (χ3n) is 6.30. The molecule has 0 atom stereocenters. The van der Waals surface area contributed by atoms with Crippen molar-refractivity contribution in [1.29, 1.82) is 0 Å². The number of carboxylic acid groups (broad SMARTS) is 1. The van der Waals surface area contributed by atoms with E-state index < -0.39 is 11.7 Å². The zero-order valence-corrected chi connectivity index (χ0v) is 22.8. The van der Waals surface area contributed by atoms with Gasteiger partial charge in [0.2, 0.25) is 0 Å². The minimum Gasteiger partial charge on any atom is -0.478 e. The van der Waals surface area contributed by atoms with Gasteiger partial charge in [0, 0.05) is 27.1 Å². The summed E-state index contributed by atoms with van der Waals surface area (Å²) in [5, 5.41) is 22.8. The second kappa shape index (κ2) is 11.1. The third kappa shape index (κ3) is 5.61. The molecule has 0 radical (unpaired) electrons. The Bertz CT molecular complexity index is 1720. The molecule has 198 valence electrons. The van der Waals surface area contributed by atoms with Gasteiger partial charge >= 0.3 is 11.7 Å². The fourth-order valence-corrected chi connectivity index (χ4v) is 4.90. The van der Waals surface area contributed by atoms with Gasteiger partial charge in [0.25, 0.3) is 0 Å². The highest BCUT2D eigenvalue weighted by Gasteiger charge is 2.19. The van der Waals surface area contributed by atoms with E-state index in [-0.39, 0.29) is 18.7 Å². The van der Waals surface area contributed by atoms with Crippen LogP contribution in [0.1, 0.15) is 38.7 Å². The lowest BCUT2D eigenvalue weighted by molar-refractivity contribution is 0.0696. The Kier molecular flexibility index (Phi) is 7.56. The van der Waals surface area contributed by atoms with Crippen LogP contribution in [0.5, 0.6) is 0 Å². The highest BCUT2D eigenvalue weighted by atomic mass is 35.5. The first-order chi connectivity index (χ1) is 18.7. The minimum absolute atomic E-state index is 0.0316. The maximum Gasteiger partial charge on any atom is 0.346 e. The molecule has 2 N–H and O–H groups in total. The number of hydrogen-bond acceptors (Lipinski definition) is 5. The summed E-state index contributed by atoms with van der Waals surface area (Å²) in [6, 6.07) is 17.2. The molecule has 9 nitrogen and oxygen atoms in total. The number of hydrogen-bond donors (Lipinski definition) is 2. The Morgan fingerprint density at radius 3 is 2.36 bits per heavy atom. The van der Waals surface area contributed by atoms with Crippen molar-refractivity contribution in [3.05, 3.63) is 120 Å². The quantitative estimate of drug-likeness (QED) is 0.250. The van der Waals surface area contributed by atoms with E-state index in [1.54, 1.807) is 61.5 Å². The van der Waals surface area contributed by atoms with Gasteiger partial charge in [-0.1, -0.05) is 53.0 Å². The molecule has 39 heavy (non-hydrogen) atoms. The molecule has 0 unspecified atom stereocenters. The van der Waals surface area contributed by atoms with Crippen molar-refractivity contribution in [2.24, 2.45) is 0 Å². The average Bonchev–Trinajstić information content (AvgIpc) is 3.47. The summed E-state index contributed by atoms with van der Waals surface area (Å²) in [5.74, 6) is 0.257. The minimum atomic E-state index is -1.03. The lowest BCUT2D eigenvalue weighted by Crippen LogP contribution is -2.26. The summed E-state index contributed by atoms with van der Waals surface area (Å²) in [7, 11) is 0. The molecule has 5 aromatic rings. The zero-order chi connectivity index (χ0) is 27.7. The molecule has 0 saturated heterocycles. The topological polar surface area (TPSA) is 119 Å². The number of nitrogens with one attached hydrogen (secondary N) is 1. The number of nitrogens with zero attached hydrogens (tertiary/aromatic N) is 5. The lowest BCUT2D eigenvalue weighted by Gasteiger charge is -2.10. The van der Waals surface area contributed by atoms with Gasteiger partial charge in [-0.3, -0.25) is 9.67 Å². The molecule has 0 aliphatic carbocycles. The van der Waals surface area contributed by atoms with Gasteiger partial charge < -0.3 is 5.11 Å². The number of carboxylic acids is 1. The predicted molar refractivity (Wildman–Crippen MR) is 149 cm³/mol. The van der Waals surface area contributed by atoms with Gasteiger partial charge in [-0.05, 0) is 66.1 Å². The van der Waals surface area contributed by atoms with E-state index in [9.17, 15) is 14.7 Å². The Hall–Kier alpha value is -3.92. The van der Waals surface area contributed by atoms with Gasteiger partial charge in [0.15, 0.2) is 11.6 Å². The molecular weight excluding hydrogens is 563 g/mol. The Morgan fingerprint density at radius 2 is 1.67 bits per heavy atom. The van der Waals surface area contributed by atoms with Gasteiger partial charge in [-0.25, -0.2) is 19.3 Å². The van der Waals surface area contributed by atoms with Crippen LogP contribution in [0.25, 0.3) is 11.4 Å². The molecule has 0 bridgehead atoms. The van der Waals surface area contributed by atoms with Gasteiger partial charge in [0.1, 0.15) is 12.4 Å². The number of aromatic nitrogens is 6. The maximum absolute atomic E-state index is 13.6. The van der Waals surface area contributed by atoms with Crippen molar-refractivity contribution in [1.82, 2.24) is 29.5 Å². The fourth-order valence-electron chi connectivity index (χ4n) is 4.24. The number of carbonyl (C=O) groups is 1. The van der Waals surface area contributed by atoms with Gasteiger partial charge in [-0.2, -0.15) is 5.10 Å². The number of H-pyrrole nitrogens is 1. The molecule has 0 fully saturated rings. The molecule has 2 aromatic heterocycles. The summed E-state index contributed by atoms with van der Waals surface area (Å²) in [6.45, 7) is 1.87. The van der Waals surface area contributed by atoms with Crippen molar-refractivity contribution in [3.63, 3.8) is 0 Å². The van der Waals surface area contributed by atoms with Crippen molar-refractivity contribution in [2.75, 3.05) is 0 Å². The van der Waals surface area contributed by atoms with E-state index in [0.717, 1.165) is 0 Å². The zero-order valence-electron chi connectivity index (χ0n) is 20.5. The van der Waals surface area contributed by atoms with Crippen molar-refractivity contribution in [2.45, 2.75) is 26.4 Å². The molecule has 2 heterocycles. The molecule has 3 aromatic carbocycles. The molecule has 12 heteroatoms. The van der Waals surface area contributed by atoms with Crippen LogP contribution in [0.4, 0.5) is 0 Å². The summed E-state index contributed by atoms with van der Waals surface area (Å²) >= 11 is 18.6. The van der Waals surface area contributed by atoms with Crippen LogP contribution in [0.2, 0.25) is 15.1 Å². The highest BCUT2D eigenvalue weighted by Crippen LogP contribution is 2.26. The molecule has 0 amide bonds. The molecule has 0 aliphatic rings. The first-order valence-corrected chi connectivity index (χ1v) is 12.9. The number of rotatable bonds is 8. The average molecular weight is 584 g/mol. The second-order valence-electron chi connectivity index (χ2n) is 8.83. The standard InChI is InChI=1S/C27H21Cl3N6O3/c1-15-17(4-2-5-19(15)26(37)38)13-35-25(16-8-10-18(28)11-9-16)34-36(27(35)39)14-24-31-23(32-33-24)12-20-21(29)6-3-7-22(20)30/h2-11H,12-14H2,1H3,(H,37,38)(H,31,32,33). The van der Waals surface area contributed by atoms with Crippen molar-refractivity contribution in [3.8, 4) is 11.4 Å². The van der Waals surface area contributed by atoms with E-state index in [4.69, 9.17) is 34.8 Å². The monoisotopic (exact) mass is 582 g/mol. The van der Waals surface area contributed by atoms with E-state index in [1.165, 1.54) is 15.3 Å². The SMILES string of the molecule is Cc1c(Cn2c(-c3ccc(Cl)cc3)nn(Cc3nc(Cc4c(Cl)cccc4Cl)n[nH]3)c2=O)cccc1C(=O)O. The molecule has 5 rings (SSSR count). The Labute approximate surface area is 237 Å². The number of aromatic amines is 1. The number of benzene rings is 3. The Balaban J connectivity index is 1.50. The highest BCUT2D eigenvalue weighted by molar-refractivity contribution is 6.36. The summed E-state index contributed by atoms with van der Waals surface area (Å²) < 4.78 is 2.78. The van der Waals surface area contributed by atoms with Crippen LogP contribution in [-0.2, 0) is 19.5 Å². The van der Waals surface area contributed by atoms with Gasteiger partial charge in [0.05, 0.1) is 12.1 Å². The van der Waals surface area contributed by atoms with E-state index in [1.807, 2.05) is 0 Å². The first kappa shape index (κ1) is 26.7. The normalized spacial score (nSPS) is 11.2. The number of halogens is 3. The van der Waals surface area contributed by atoms with Crippen LogP contribution in [-0.4, -0.2) is 40.6 Å². The largest absolute Gasteiger partial charge is 0.478 e. The summed E-state index contributed by atoms with van der Waals surface area (Å²) in [5.41, 5.74) is 2.42. The van der Waals surface area contributed by atoms with Gasteiger partial charge in [-0.15, -0.1) is 5.10 Å². The number of aromatic carboxylic acids is 1.